The van der Waals surface area contributed by atoms with Gasteiger partial charge in [0.2, 0.25) is 10.0 Å². The van der Waals surface area contributed by atoms with Gasteiger partial charge in [-0.2, -0.15) is 0 Å². The molecule has 0 heterocycles. The Balaban J connectivity index is 1.60. The lowest BCUT2D eigenvalue weighted by molar-refractivity contribution is 0.413. The van der Waals surface area contributed by atoms with Crippen LogP contribution in [0.4, 0.5) is 0 Å². The van der Waals surface area contributed by atoms with Crippen LogP contribution in [0.5, 0.6) is 0 Å². The van der Waals surface area contributed by atoms with Gasteiger partial charge in [-0.1, -0.05) is 89.5 Å². The second-order valence-corrected chi connectivity index (χ2v) is 12.2. The summed E-state index contributed by atoms with van der Waals surface area (Å²) in [6.45, 7) is 11.7. The fourth-order valence-electron chi connectivity index (χ4n) is 5.47. The van der Waals surface area contributed by atoms with Gasteiger partial charge in [0, 0.05) is 5.92 Å². The van der Waals surface area contributed by atoms with Gasteiger partial charge in [0.25, 0.3) is 0 Å². The molecule has 4 rings (SSSR count). The van der Waals surface area contributed by atoms with Crippen LogP contribution in [0, 0.1) is 12.8 Å². The predicted molar refractivity (Wildman–Crippen MR) is 157 cm³/mol. The van der Waals surface area contributed by atoms with E-state index in [2.05, 4.69) is 49.9 Å². The molecule has 0 unspecified atom stereocenters. The van der Waals surface area contributed by atoms with E-state index in [0.29, 0.717) is 5.92 Å². The number of hydrogen-bond acceptors (Lipinski definition) is 3. The largest absolute Gasteiger partial charge is 0.308 e. The minimum atomic E-state index is -3.75. The zero-order valence-corrected chi connectivity index (χ0v) is 24.0. The molecule has 0 fully saturated rings. The molecule has 1 aliphatic carbocycles. The van der Waals surface area contributed by atoms with Crippen LogP contribution in [-0.2, 0) is 10.0 Å². The van der Waals surface area contributed by atoms with E-state index >= 15 is 0 Å². The Labute approximate surface area is 228 Å². The van der Waals surface area contributed by atoms with E-state index in [0.717, 1.165) is 36.1 Å². The summed E-state index contributed by atoms with van der Waals surface area (Å²) in [5.41, 5.74) is 8.81. The minimum absolute atomic E-state index is 0.237. The summed E-state index contributed by atoms with van der Waals surface area (Å²) in [7, 11) is -3.75. The zero-order valence-electron chi connectivity index (χ0n) is 23.2. The highest BCUT2D eigenvalue weighted by Crippen LogP contribution is 2.39. The molecule has 0 amide bonds. The molecule has 5 heteroatoms. The average Bonchev–Trinajstić information content (AvgIpc) is 3.11. The van der Waals surface area contributed by atoms with Crippen LogP contribution in [0.3, 0.4) is 0 Å². The van der Waals surface area contributed by atoms with Crippen LogP contribution in [0.1, 0.15) is 69.3 Å². The summed E-state index contributed by atoms with van der Waals surface area (Å²) in [5.74, 6) is 0.497. The molecule has 0 radical (unpaired) electrons. The first-order chi connectivity index (χ1) is 18.2. The summed E-state index contributed by atoms with van der Waals surface area (Å²) >= 11 is 0. The Kier molecular flexibility index (Phi) is 9.03. The molecule has 2 atom stereocenters. The molecular weight excluding hydrogens is 488 g/mol. The van der Waals surface area contributed by atoms with Crippen LogP contribution >= 0.6 is 0 Å². The summed E-state index contributed by atoms with van der Waals surface area (Å²) in [5, 5.41) is 3.73. The quantitative estimate of drug-likeness (QED) is 0.255. The van der Waals surface area contributed by atoms with Gasteiger partial charge in [-0.15, -0.1) is 0 Å². The first-order valence-corrected chi connectivity index (χ1v) is 14.9. The molecule has 0 aliphatic heterocycles. The number of rotatable bonds is 11. The van der Waals surface area contributed by atoms with Crippen LogP contribution < -0.4 is 10.0 Å². The average molecular weight is 529 g/mol. The van der Waals surface area contributed by atoms with Gasteiger partial charge >= 0.3 is 0 Å². The molecule has 4 nitrogen and oxygen atoms in total. The van der Waals surface area contributed by atoms with Crippen LogP contribution in [0.2, 0.25) is 0 Å². The smallest absolute Gasteiger partial charge is 0.241 e. The van der Waals surface area contributed by atoms with Crippen molar-refractivity contribution >= 4 is 10.0 Å². The number of aryl methyl sites for hydroxylation is 1. The molecule has 1 aliphatic rings. The molecule has 2 N–H and O–H groups in total. The zero-order chi connectivity index (χ0) is 27.3. The van der Waals surface area contributed by atoms with E-state index < -0.39 is 16.1 Å². The second-order valence-electron chi connectivity index (χ2n) is 10.5. The maximum Gasteiger partial charge on any atom is 0.241 e. The van der Waals surface area contributed by atoms with Crippen molar-refractivity contribution in [1.29, 1.82) is 0 Å². The molecule has 0 saturated carbocycles. The van der Waals surface area contributed by atoms with Crippen molar-refractivity contribution in [2.45, 2.75) is 64.4 Å². The van der Waals surface area contributed by atoms with Gasteiger partial charge < -0.3 is 5.32 Å². The highest BCUT2D eigenvalue weighted by molar-refractivity contribution is 7.89. The Morgan fingerprint density at radius 3 is 1.71 bits per heavy atom. The van der Waals surface area contributed by atoms with Crippen LogP contribution in [-0.4, -0.2) is 15.0 Å². The van der Waals surface area contributed by atoms with Gasteiger partial charge in [-0.3, -0.25) is 0 Å². The van der Waals surface area contributed by atoms with Crippen molar-refractivity contribution in [2.24, 2.45) is 5.92 Å². The van der Waals surface area contributed by atoms with Crippen molar-refractivity contribution < 1.29 is 8.42 Å². The normalized spacial score (nSPS) is 16.2. The molecule has 0 saturated heterocycles. The monoisotopic (exact) mass is 528 g/mol. The van der Waals surface area contributed by atoms with E-state index in [1.54, 1.807) is 12.1 Å². The highest BCUT2D eigenvalue weighted by Gasteiger charge is 2.30. The molecule has 3 aromatic carbocycles. The van der Waals surface area contributed by atoms with Gasteiger partial charge in [0.05, 0.1) is 17.0 Å². The van der Waals surface area contributed by atoms with Crippen molar-refractivity contribution in [1.82, 2.24) is 10.0 Å². The fraction of sp³-hybridized carbons (Fsp3) is 0.333. The van der Waals surface area contributed by atoms with Gasteiger partial charge in [-0.25, -0.2) is 13.1 Å². The van der Waals surface area contributed by atoms with Gasteiger partial charge in [-0.05, 0) is 88.4 Å². The SMILES string of the molecule is CC1=C(C)C(CCCN[C@@H](c2ccccc2)[C@@H](NS(=O)(=O)c2ccc(C)cc2)c2ccccc2)C(C)=C1C. The lowest BCUT2D eigenvalue weighted by Gasteiger charge is -2.30. The number of allylic oxidation sites excluding steroid dienone is 4. The van der Waals surface area contributed by atoms with E-state index in [-0.39, 0.29) is 10.9 Å². The van der Waals surface area contributed by atoms with Crippen LogP contribution in [0.15, 0.2) is 112 Å². The molecular formula is C33H40N2O2S. The first kappa shape index (κ1) is 28.0. The highest BCUT2D eigenvalue weighted by atomic mass is 32.2. The van der Waals surface area contributed by atoms with E-state index in [1.165, 1.54) is 22.3 Å². The van der Waals surface area contributed by atoms with E-state index in [9.17, 15) is 8.42 Å². The molecule has 0 aromatic heterocycles. The van der Waals surface area contributed by atoms with Crippen molar-refractivity contribution in [3.8, 4) is 0 Å². The predicted octanol–water partition coefficient (Wildman–Crippen LogP) is 7.43. The Hall–Kier alpha value is -2.99. The number of sulfonamides is 1. The Bertz CT molecular complexity index is 1370. The lowest BCUT2D eigenvalue weighted by atomic mass is 9.91. The third-order valence-corrected chi connectivity index (χ3v) is 9.55. The van der Waals surface area contributed by atoms with Crippen molar-refractivity contribution in [2.75, 3.05) is 6.54 Å². The summed E-state index contributed by atoms with van der Waals surface area (Å²) in [6.07, 6.45) is 2.07. The Morgan fingerprint density at radius 1 is 0.684 bits per heavy atom. The molecule has 3 aromatic rings. The van der Waals surface area contributed by atoms with Crippen LogP contribution in [0.25, 0.3) is 0 Å². The standard InChI is InChI=1S/C33H40N2O2S/c1-23-18-20-30(21-19-23)38(36,37)35-33(29-15-10-7-11-16-29)32(28-13-8-6-9-14-28)34-22-12-17-31-26(4)24(2)25(3)27(31)5/h6-11,13-16,18-21,31-35H,12,17,22H2,1-5H3/t32-,33-/m0/s1. The minimum Gasteiger partial charge on any atom is -0.308 e. The second kappa shape index (κ2) is 12.2. The number of benzene rings is 3. The molecule has 0 spiro atoms. The topological polar surface area (TPSA) is 58.2 Å². The number of nitrogens with one attached hydrogen (secondary N) is 2. The Morgan fingerprint density at radius 2 is 1.18 bits per heavy atom. The van der Waals surface area contributed by atoms with Gasteiger partial charge in [0.15, 0.2) is 0 Å². The van der Waals surface area contributed by atoms with E-state index in [4.69, 9.17) is 0 Å². The summed E-state index contributed by atoms with van der Waals surface area (Å²) in [6, 6.07) is 26.3. The first-order valence-electron chi connectivity index (χ1n) is 13.5. The lowest BCUT2D eigenvalue weighted by Crippen LogP contribution is -2.39. The maximum absolute atomic E-state index is 13.6. The number of hydrogen-bond donors (Lipinski definition) is 2. The fourth-order valence-corrected chi connectivity index (χ4v) is 6.70. The molecule has 0 bridgehead atoms. The van der Waals surface area contributed by atoms with E-state index in [1.807, 2.05) is 67.6 Å². The third-order valence-electron chi connectivity index (χ3n) is 8.09. The third kappa shape index (κ3) is 6.35. The van der Waals surface area contributed by atoms with Crippen molar-refractivity contribution in [3.63, 3.8) is 0 Å². The van der Waals surface area contributed by atoms with Crippen molar-refractivity contribution in [3.05, 3.63) is 124 Å². The molecule has 38 heavy (non-hydrogen) atoms. The summed E-state index contributed by atoms with van der Waals surface area (Å²) < 4.78 is 30.1. The molecule has 200 valence electrons. The van der Waals surface area contributed by atoms with Gasteiger partial charge in [0.1, 0.15) is 0 Å². The summed E-state index contributed by atoms with van der Waals surface area (Å²) in [4.78, 5) is 0.271. The maximum atomic E-state index is 13.6.